The summed E-state index contributed by atoms with van der Waals surface area (Å²) in [6.07, 6.45) is 1.48. The van der Waals surface area contributed by atoms with Crippen LogP contribution < -0.4 is 0 Å². The molecule has 0 aromatic heterocycles. The van der Waals surface area contributed by atoms with Crippen molar-refractivity contribution in [1.82, 2.24) is 0 Å². The Morgan fingerprint density at radius 2 is 1.67 bits per heavy atom. The molecule has 0 radical (unpaired) electrons. The molecule has 0 unspecified atom stereocenters. The van der Waals surface area contributed by atoms with Gasteiger partial charge in [-0.2, -0.15) is 10.5 Å². The fourth-order valence-corrected chi connectivity index (χ4v) is 2.13. The van der Waals surface area contributed by atoms with E-state index in [0.29, 0.717) is 12.8 Å². The molecule has 0 fully saturated rings. The average molecular weight is 216 g/mol. The van der Waals surface area contributed by atoms with Crippen molar-refractivity contribution >= 4 is 17.1 Å². The highest BCUT2D eigenvalue weighted by Crippen LogP contribution is 2.32. The summed E-state index contributed by atoms with van der Waals surface area (Å²) in [6.45, 7) is 3.93. The molecule has 3 heteroatoms. The zero-order valence-corrected chi connectivity index (χ0v) is 9.74. The van der Waals surface area contributed by atoms with E-state index < -0.39 is 0 Å². The molecule has 1 rings (SSSR count). The Labute approximate surface area is 95.5 Å². The molecule has 76 valence electrons. The smallest absolute Gasteiger partial charge is 0.0669 e. The van der Waals surface area contributed by atoms with E-state index >= 15 is 0 Å². The molecule has 0 bridgehead atoms. The molecule has 0 aromatic carbocycles. The number of hydrogen-bond acceptors (Lipinski definition) is 3. The van der Waals surface area contributed by atoms with Gasteiger partial charge < -0.3 is 0 Å². The number of allylic oxidation sites excluding steroid dienone is 4. The summed E-state index contributed by atoms with van der Waals surface area (Å²) >= 11 is 5.25. The van der Waals surface area contributed by atoms with Gasteiger partial charge in [0, 0.05) is 11.3 Å². The lowest BCUT2D eigenvalue weighted by Gasteiger charge is -2.21. The molecule has 15 heavy (non-hydrogen) atoms. The first-order valence-corrected chi connectivity index (χ1v) is 5.18. The summed E-state index contributed by atoms with van der Waals surface area (Å²) in [4.78, 5) is 0.902. The molecular weight excluding hydrogens is 204 g/mol. The fourth-order valence-electron chi connectivity index (χ4n) is 1.79. The van der Waals surface area contributed by atoms with Gasteiger partial charge in [0.25, 0.3) is 0 Å². The van der Waals surface area contributed by atoms with Crippen LogP contribution in [-0.2, 0) is 0 Å². The van der Waals surface area contributed by atoms with Gasteiger partial charge in [-0.05, 0) is 30.6 Å². The van der Waals surface area contributed by atoms with Crippen LogP contribution >= 0.6 is 12.2 Å². The van der Waals surface area contributed by atoms with Crippen molar-refractivity contribution in [2.45, 2.75) is 33.1 Å². The van der Waals surface area contributed by atoms with E-state index in [1.54, 1.807) is 0 Å². The lowest BCUT2D eigenvalue weighted by Crippen LogP contribution is -2.11. The van der Waals surface area contributed by atoms with Crippen LogP contribution in [-0.4, -0.2) is 4.86 Å². The first-order chi connectivity index (χ1) is 7.11. The van der Waals surface area contributed by atoms with Crippen molar-refractivity contribution in [3.05, 3.63) is 22.3 Å². The molecule has 0 saturated carbocycles. The van der Waals surface area contributed by atoms with Crippen molar-refractivity contribution in [3.8, 4) is 12.1 Å². The molecule has 2 nitrogen and oxygen atoms in total. The maximum atomic E-state index is 8.76. The molecule has 0 atom stereocenters. The molecule has 0 aliphatic heterocycles. The highest BCUT2D eigenvalue weighted by atomic mass is 32.1. The normalized spacial score (nSPS) is 16.4. The summed E-state index contributed by atoms with van der Waals surface area (Å²) in [7, 11) is 0. The molecule has 0 saturated heterocycles. The van der Waals surface area contributed by atoms with Crippen LogP contribution in [0.3, 0.4) is 0 Å². The Hall–Kier alpha value is -1.45. The van der Waals surface area contributed by atoms with Gasteiger partial charge in [-0.3, -0.25) is 0 Å². The first-order valence-electron chi connectivity index (χ1n) is 4.77. The Balaban J connectivity index is 3.22. The van der Waals surface area contributed by atoms with E-state index in [1.165, 1.54) is 0 Å². The second-order valence-electron chi connectivity index (χ2n) is 3.63. The van der Waals surface area contributed by atoms with Crippen LogP contribution in [0.2, 0.25) is 0 Å². The minimum atomic E-state index is 0.348. The predicted octanol–water partition coefficient (Wildman–Crippen LogP) is 3.22. The number of hydrogen-bond donors (Lipinski definition) is 0. The molecule has 0 amide bonds. The third-order valence-electron chi connectivity index (χ3n) is 2.69. The first kappa shape index (κ1) is 11.6. The van der Waals surface area contributed by atoms with Gasteiger partial charge in [-0.1, -0.05) is 17.8 Å². The van der Waals surface area contributed by atoms with Gasteiger partial charge in [-0.15, -0.1) is 0 Å². The Bertz CT molecular complexity index is 441. The molecule has 0 N–H and O–H groups in total. The zero-order chi connectivity index (χ0) is 11.4. The molecule has 0 aromatic rings. The molecule has 1 aliphatic rings. The average Bonchev–Trinajstić information content (AvgIpc) is 2.20. The summed E-state index contributed by atoms with van der Waals surface area (Å²) in [6, 6.07) is 4.28. The lowest BCUT2D eigenvalue weighted by molar-refractivity contribution is 1.04. The number of thiocarbonyl (C=S) groups is 1. The summed E-state index contributed by atoms with van der Waals surface area (Å²) < 4.78 is 0. The van der Waals surface area contributed by atoms with Crippen molar-refractivity contribution < 1.29 is 0 Å². The van der Waals surface area contributed by atoms with Gasteiger partial charge in [-0.25, -0.2) is 0 Å². The third kappa shape index (κ3) is 2.32. The fraction of sp³-hybridized carbons (Fsp3) is 0.417. The summed E-state index contributed by atoms with van der Waals surface area (Å²) in [5.41, 5.74) is 4.14. The molecule has 1 aliphatic carbocycles. The topological polar surface area (TPSA) is 47.6 Å². The summed E-state index contributed by atoms with van der Waals surface area (Å²) in [5, 5.41) is 17.5. The largest absolute Gasteiger partial charge is 0.198 e. The second kappa shape index (κ2) is 4.87. The van der Waals surface area contributed by atoms with Crippen LogP contribution in [0.1, 0.15) is 33.1 Å². The highest BCUT2D eigenvalue weighted by molar-refractivity contribution is 7.80. The van der Waals surface area contributed by atoms with Crippen molar-refractivity contribution in [1.29, 1.82) is 10.5 Å². The van der Waals surface area contributed by atoms with E-state index in [9.17, 15) is 0 Å². The van der Waals surface area contributed by atoms with Crippen LogP contribution in [0, 0.1) is 22.7 Å². The standard InChI is InChI=1S/C12H12N2S/c1-8-7-12(15)9(2)11(4-6-14)10(8)3-5-13/h3-4,7H2,1-2H3. The maximum absolute atomic E-state index is 8.76. The van der Waals surface area contributed by atoms with Gasteiger partial charge >= 0.3 is 0 Å². The van der Waals surface area contributed by atoms with Gasteiger partial charge in [0.05, 0.1) is 25.0 Å². The molecule has 0 spiro atoms. The van der Waals surface area contributed by atoms with Gasteiger partial charge in [0.2, 0.25) is 0 Å². The predicted molar refractivity (Wildman–Crippen MR) is 63.1 cm³/mol. The zero-order valence-electron chi connectivity index (χ0n) is 8.92. The van der Waals surface area contributed by atoms with Crippen LogP contribution in [0.5, 0.6) is 0 Å². The Morgan fingerprint density at radius 1 is 1.13 bits per heavy atom. The van der Waals surface area contributed by atoms with E-state index in [2.05, 4.69) is 12.1 Å². The number of nitrogens with zero attached hydrogens (tertiary/aromatic N) is 2. The van der Waals surface area contributed by atoms with Gasteiger partial charge in [0.15, 0.2) is 0 Å². The third-order valence-corrected chi connectivity index (χ3v) is 3.14. The van der Waals surface area contributed by atoms with Crippen LogP contribution in [0.4, 0.5) is 0 Å². The number of nitriles is 2. The highest BCUT2D eigenvalue weighted by Gasteiger charge is 2.19. The van der Waals surface area contributed by atoms with Crippen LogP contribution in [0.15, 0.2) is 22.3 Å². The maximum Gasteiger partial charge on any atom is 0.0669 e. The quantitative estimate of drug-likeness (QED) is 0.666. The van der Waals surface area contributed by atoms with Crippen molar-refractivity contribution in [2.75, 3.05) is 0 Å². The summed E-state index contributed by atoms with van der Waals surface area (Å²) in [5.74, 6) is 0. The Morgan fingerprint density at radius 3 is 2.20 bits per heavy atom. The van der Waals surface area contributed by atoms with Gasteiger partial charge in [0.1, 0.15) is 0 Å². The Kier molecular flexibility index (Phi) is 3.77. The number of rotatable bonds is 2. The van der Waals surface area contributed by atoms with Crippen molar-refractivity contribution in [3.63, 3.8) is 0 Å². The van der Waals surface area contributed by atoms with E-state index in [-0.39, 0.29) is 0 Å². The minimum Gasteiger partial charge on any atom is -0.198 e. The van der Waals surface area contributed by atoms with Crippen LogP contribution in [0.25, 0.3) is 0 Å². The lowest BCUT2D eigenvalue weighted by atomic mass is 9.84. The molecular formula is C12H12N2S. The minimum absolute atomic E-state index is 0.348. The van der Waals surface area contributed by atoms with Crippen molar-refractivity contribution in [2.24, 2.45) is 0 Å². The van der Waals surface area contributed by atoms with E-state index in [4.69, 9.17) is 22.7 Å². The molecule has 0 heterocycles. The second-order valence-corrected chi connectivity index (χ2v) is 4.12. The monoisotopic (exact) mass is 216 g/mol. The van der Waals surface area contributed by atoms with E-state index in [0.717, 1.165) is 33.6 Å². The van der Waals surface area contributed by atoms with E-state index in [1.807, 2.05) is 13.8 Å². The SMILES string of the molecule is CC1=C(CC#N)C(CC#N)=C(C)C(=S)C1.